The van der Waals surface area contributed by atoms with Crippen molar-refractivity contribution in [1.82, 2.24) is 4.57 Å². The Morgan fingerprint density at radius 3 is 2.50 bits per heavy atom. The van der Waals surface area contributed by atoms with E-state index in [0.717, 1.165) is 12.8 Å². The summed E-state index contributed by atoms with van der Waals surface area (Å²) < 4.78 is 1.83. The van der Waals surface area contributed by atoms with Gasteiger partial charge in [-0.1, -0.05) is 30.3 Å². The first-order valence-corrected chi connectivity index (χ1v) is 6.59. The molecule has 3 rings (SSSR count). The van der Waals surface area contributed by atoms with Gasteiger partial charge in [0, 0.05) is 12.3 Å². The molecule has 0 saturated carbocycles. The van der Waals surface area contributed by atoms with E-state index in [2.05, 4.69) is 18.3 Å². The fourth-order valence-corrected chi connectivity index (χ4v) is 2.65. The van der Waals surface area contributed by atoms with Crippen molar-refractivity contribution >= 4 is 0 Å². The van der Waals surface area contributed by atoms with Gasteiger partial charge in [-0.3, -0.25) is 4.79 Å². The quantitative estimate of drug-likeness (QED) is 0.790. The summed E-state index contributed by atoms with van der Waals surface area (Å²) in [6.45, 7) is 0.674. The van der Waals surface area contributed by atoms with Crippen molar-refractivity contribution in [2.75, 3.05) is 0 Å². The van der Waals surface area contributed by atoms with E-state index in [4.69, 9.17) is 0 Å². The van der Waals surface area contributed by atoms with Crippen molar-refractivity contribution in [3.8, 4) is 0 Å². The maximum atomic E-state index is 12.1. The zero-order valence-corrected chi connectivity index (χ0v) is 10.4. The normalized spacial score (nSPS) is 14.2. The number of pyridine rings is 1. The molecule has 0 spiro atoms. The minimum atomic E-state index is 0.125. The molecule has 0 amide bonds. The number of fused-ring (bicyclic) bond motifs is 1. The summed E-state index contributed by atoms with van der Waals surface area (Å²) in [5.41, 5.74) is 3.92. The van der Waals surface area contributed by atoms with Crippen molar-refractivity contribution in [1.29, 1.82) is 0 Å². The first-order chi connectivity index (χ1) is 8.83. The summed E-state index contributed by atoms with van der Waals surface area (Å²) in [5, 5.41) is 0. The topological polar surface area (TPSA) is 22.0 Å². The zero-order valence-electron chi connectivity index (χ0n) is 10.4. The highest BCUT2D eigenvalue weighted by atomic mass is 16.1. The number of aromatic nitrogens is 1. The van der Waals surface area contributed by atoms with E-state index >= 15 is 0 Å². The van der Waals surface area contributed by atoms with Crippen molar-refractivity contribution < 1.29 is 0 Å². The van der Waals surface area contributed by atoms with Crippen LogP contribution in [0.5, 0.6) is 0 Å². The maximum absolute atomic E-state index is 12.1. The van der Waals surface area contributed by atoms with E-state index in [-0.39, 0.29) is 5.56 Å². The third-order valence-corrected chi connectivity index (χ3v) is 3.64. The van der Waals surface area contributed by atoms with Gasteiger partial charge in [0.25, 0.3) is 5.56 Å². The zero-order chi connectivity index (χ0) is 12.4. The van der Waals surface area contributed by atoms with Gasteiger partial charge < -0.3 is 4.57 Å². The standard InChI is InChI=1S/C16H17NO/c18-16-10-14-8-4-5-9-15(14)12-17(16)11-13-6-2-1-3-7-13/h1-3,6-7,10,12H,4-5,8-9,11H2. The van der Waals surface area contributed by atoms with Crippen molar-refractivity contribution in [3.63, 3.8) is 0 Å². The van der Waals surface area contributed by atoms with Crippen LogP contribution >= 0.6 is 0 Å². The number of benzene rings is 1. The van der Waals surface area contributed by atoms with Gasteiger partial charge in [0.15, 0.2) is 0 Å². The summed E-state index contributed by atoms with van der Waals surface area (Å²) >= 11 is 0. The summed E-state index contributed by atoms with van der Waals surface area (Å²) in [5.74, 6) is 0. The highest BCUT2D eigenvalue weighted by Crippen LogP contribution is 2.19. The molecule has 0 saturated heterocycles. The first-order valence-electron chi connectivity index (χ1n) is 6.59. The van der Waals surface area contributed by atoms with Gasteiger partial charge in [0.1, 0.15) is 0 Å². The van der Waals surface area contributed by atoms with Crippen LogP contribution in [0.2, 0.25) is 0 Å². The van der Waals surface area contributed by atoms with Crippen molar-refractivity contribution in [2.24, 2.45) is 0 Å². The van der Waals surface area contributed by atoms with E-state index in [1.807, 2.05) is 28.8 Å². The van der Waals surface area contributed by atoms with Gasteiger partial charge in [-0.15, -0.1) is 0 Å². The summed E-state index contributed by atoms with van der Waals surface area (Å²) in [6, 6.07) is 12.0. The molecular weight excluding hydrogens is 222 g/mol. The predicted octanol–water partition coefficient (Wildman–Crippen LogP) is 2.78. The van der Waals surface area contributed by atoms with E-state index in [1.54, 1.807) is 0 Å². The summed E-state index contributed by atoms with van der Waals surface area (Å²) in [7, 11) is 0. The number of hydrogen-bond acceptors (Lipinski definition) is 1. The minimum Gasteiger partial charge on any atom is -0.311 e. The van der Waals surface area contributed by atoms with Crippen molar-refractivity contribution in [2.45, 2.75) is 32.2 Å². The fraction of sp³-hybridized carbons (Fsp3) is 0.312. The van der Waals surface area contributed by atoms with Crippen LogP contribution < -0.4 is 5.56 Å². The second kappa shape index (κ2) is 4.81. The molecule has 1 aliphatic rings. The first kappa shape index (κ1) is 11.3. The highest BCUT2D eigenvalue weighted by Gasteiger charge is 2.11. The maximum Gasteiger partial charge on any atom is 0.251 e. The number of aryl methyl sites for hydroxylation is 2. The predicted molar refractivity (Wildman–Crippen MR) is 72.9 cm³/mol. The second-order valence-electron chi connectivity index (χ2n) is 4.98. The molecule has 1 aromatic heterocycles. The fourth-order valence-electron chi connectivity index (χ4n) is 2.65. The van der Waals surface area contributed by atoms with Crippen LogP contribution in [0, 0.1) is 0 Å². The van der Waals surface area contributed by atoms with Gasteiger partial charge >= 0.3 is 0 Å². The van der Waals surface area contributed by atoms with Crippen LogP contribution in [0.25, 0.3) is 0 Å². The molecule has 0 bridgehead atoms. The van der Waals surface area contributed by atoms with Gasteiger partial charge in [-0.05, 0) is 42.4 Å². The molecule has 2 heteroatoms. The van der Waals surface area contributed by atoms with E-state index < -0.39 is 0 Å². The number of rotatable bonds is 2. The van der Waals surface area contributed by atoms with Gasteiger partial charge in [0.05, 0.1) is 6.54 Å². The smallest absolute Gasteiger partial charge is 0.251 e. The molecule has 0 aliphatic heterocycles. The molecule has 1 aliphatic carbocycles. The van der Waals surface area contributed by atoms with Crippen LogP contribution in [-0.2, 0) is 19.4 Å². The lowest BCUT2D eigenvalue weighted by Crippen LogP contribution is -2.22. The molecule has 0 radical (unpaired) electrons. The molecule has 0 fully saturated rings. The SMILES string of the molecule is O=c1cc2c(cn1Cc1ccccc1)CCCC2. The average molecular weight is 239 g/mol. The van der Waals surface area contributed by atoms with Crippen LogP contribution in [0.15, 0.2) is 47.4 Å². The van der Waals surface area contributed by atoms with Crippen LogP contribution in [0.3, 0.4) is 0 Å². The Morgan fingerprint density at radius 1 is 1.00 bits per heavy atom. The van der Waals surface area contributed by atoms with Crippen molar-refractivity contribution in [3.05, 3.63) is 69.6 Å². The molecule has 1 aromatic carbocycles. The molecule has 18 heavy (non-hydrogen) atoms. The van der Waals surface area contributed by atoms with Crippen LogP contribution in [-0.4, -0.2) is 4.57 Å². The lowest BCUT2D eigenvalue weighted by atomic mass is 9.93. The number of hydrogen-bond donors (Lipinski definition) is 0. The second-order valence-corrected chi connectivity index (χ2v) is 4.98. The van der Waals surface area contributed by atoms with Crippen LogP contribution in [0.1, 0.15) is 29.5 Å². The van der Waals surface area contributed by atoms with Gasteiger partial charge in [-0.25, -0.2) is 0 Å². The van der Waals surface area contributed by atoms with Gasteiger partial charge in [-0.2, -0.15) is 0 Å². The minimum absolute atomic E-state index is 0.125. The lowest BCUT2D eigenvalue weighted by molar-refractivity contribution is 0.657. The molecule has 1 heterocycles. The Hall–Kier alpha value is -1.83. The Balaban J connectivity index is 1.95. The third kappa shape index (κ3) is 2.23. The molecule has 0 atom stereocenters. The summed E-state index contributed by atoms with van der Waals surface area (Å²) in [6.07, 6.45) is 6.71. The number of nitrogens with zero attached hydrogens (tertiary/aromatic N) is 1. The van der Waals surface area contributed by atoms with Crippen LogP contribution in [0.4, 0.5) is 0 Å². The van der Waals surface area contributed by atoms with E-state index in [9.17, 15) is 4.79 Å². The van der Waals surface area contributed by atoms with E-state index in [1.165, 1.54) is 29.5 Å². The molecule has 0 N–H and O–H groups in total. The summed E-state index contributed by atoms with van der Waals surface area (Å²) in [4.78, 5) is 12.1. The molecule has 0 unspecified atom stereocenters. The largest absolute Gasteiger partial charge is 0.311 e. The lowest BCUT2D eigenvalue weighted by Gasteiger charge is -2.17. The molecule has 92 valence electrons. The average Bonchev–Trinajstić information content (AvgIpc) is 2.41. The Labute approximate surface area is 107 Å². The molecule has 2 nitrogen and oxygen atoms in total. The Bertz CT molecular complexity index is 598. The monoisotopic (exact) mass is 239 g/mol. The van der Waals surface area contributed by atoms with Gasteiger partial charge in [0.2, 0.25) is 0 Å². The highest BCUT2D eigenvalue weighted by molar-refractivity contribution is 5.27. The third-order valence-electron chi connectivity index (χ3n) is 3.64. The molecular formula is C16H17NO. The Morgan fingerprint density at radius 2 is 1.72 bits per heavy atom. The Kier molecular flexibility index (Phi) is 3.01. The van der Waals surface area contributed by atoms with E-state index in [0.29, 0.717) is 6.54 Å². The molecule has 2 aromatic rings.